The second-order valence-corrected chi connectivity index (χ2v) is 6.26. The molecule has 1 aromatic rings. The molecular formula is C13H16N2O2S. The molecule has 96 valence electrons. The molecule has 0 aromatic heterocycles. The molecule has 18 heavy (non-hydrogen) atoms. The van der Waals surface area contributed by atoms with Gasteiger partial charge in [-0.3, -0.25) is 4.31 Å². The third kappa shape index (κ3) is 2.50. The summed E-state index contributed by atoms with van der Waals surface area (Å²) < 4.78 is 25.3. The first-order valence-corrected chi connectivity index (χ1v) is 7.45. The number of nitrogens with zero attached hydrogens (tertiary/aromatic N) is 1. The zero-order valence-corrected chi connectivity index (χ0v) is 11.1. The SMILES string of the molecule is Cc1ccc(C#CCN)cc1N1CCCS1(=O)=O. The maximum atomic E-state index is 11.9. The number of anilines is 1. The molecule has 0 aliphatic carbocycles. The van der Waals surface area contributed by atoms with Gasteiger partial charge in [0, 0.05) is 12.1 Å². The second kappa shape index (κ2) is 5.01. The predicted molar refractivity (Wildman–Crippen MR) is 72.9 cm³/mol. The zero-order valence-electron chi connectivity index (χ0n) is 10.3. The summed E-state index contributed by atoms with van der Waals surface area (Å²) in [6.07, 6.45) is 0.681. The Kier molecular flexibility index (Phi) is 3.60. The summed E-state index contributed by atoms with van der Waals surface area (Å²) in [5, 5.41) is 0. The van der Waals surface area contributed by atoms with Crippen LogP contribution in [0.4, 0.5) is 5.69 Å². The summed E-state index contributed by atoms with van der Waals surface area (Å²) in [7, 11) is -3.14. The highest BCUT2D eigenvalue weighted by Crippen LogP contribution is 2.28. The van der Waals surface area contributed by atoms with Crippen molar-refractivity contribution >= 4 is 15.7 Å². The van der Waals surface area contributed by atoms with Crippen molar-refractivity contribution < 1.29 is 8.42 Å². The third-order valence-electron chi connectivity index (χ3n) is 2.91. The van der Waals surface area contributed by atoms with E-state index in [2.05, 4.69) is 11.8 Å². The van der Waals surface area contributed by atoms with Gasteiger partial charge in [0.05, 0.1) is 18.0 Å². The first kappa shape index (κ1) is 12.9. The van der Waals surface area contributed by atoms with Crippen LogP contribution in [0.2, 0.25) is 0 Å². The Morgan fingerprint density at radius 3 is 2.83 bits per heavy atom. The van der Waals surface area contributed by atoms with Gasteiger partial charge in [0.15, 0.2) is 0 Å². The topological polar surface area (TPSA) is 63.4 Å². The molecule has 1 aromatic carbocycles. The summed E-state index contributed by atoms with van der Waals surface area (Å²) in [6.45, 7) is 2.76. The van der Waals surface area contributed by atoms with Crippen LogP contribution in [0.5, 0.6) is 0 Å². The maximum Gasteiger partial charge on any atom is 0.235 e. The Labute approximate surface area is 108 Å². The molecule has 1 aliphatic rings. The lowest BCUT2D eigenvalue weighted by atomic mass is 10.1. The smallest absolute Gasteiger partial charge is 0.235 e. The van der Waals surface area contributed by atoms with Crippen molar-refractivity contribution in [3.8, 4) is 11.8 Å². The summed E-state index contributed by atoms with van der Waals surface area (Å²) in [5.41, 5.74) is 7.80. The molecule has 1 fully saturated rings. The number of aryl methyl sites for hydroxylation is 1. The Hall–Kier alpha value is -1.51. The van der Waals surface area contributed by atoms with Gasteiger partial charge in [-0.1, -0.05) is 17.9 Å². The van der Waals surface area contributed by atoms with Crippen molar-refractivity contribution in [2.45, 2.75) is 13.3 Å². The fourth-order valence-electron chi connectivity index (χ4n) is 2.02. The van der Waals surface area contributed by atoms with Crippen molar-refractivity contribution in [3.05, 3.63) is 29.3 Å². The standard InChI is InChI=1S/C13H16N2O2S/c1-11-5-6-12(4-2-7-14)10-13(11)15-8-3-9-18(15,16)17/h5-6,10H,3,7-9,14H2,1H3. The summed E-state index contributed by atoms with van der Waals surface area (Å²) in [6, 6.07) is 5.59. The number of benzene rings is 1. The third-order valence-corrected chi connectivity index (χ3v) is 4.77. The van der Waals surface area contributed by atoms with E-state index in [1.807, 2.05) is 25.1 Å². The van der Waals surface area contributed by atoms with Crippen LogP contribution in [-0.4, -0.2) is 27.3 Å². The first-order valence-electron chi connectivity index (χ1n) is 5.84. The van der Waals surface area contributed by atoms with E-state index in [1.54, 1.807) is 0 Å². The van der Waals surface area contributed by atoms with Crippen molar-refractivity contribution in [1.82, 2.24) is 0 Å². The van der Waals surface area contributed by atoms with E-state index < -0.39 is 10.0 Å². The average molecular weight is 264 g/mol. The van der Waals surface area contributed by atoms with E-state index in [-0.39, 0.29) is 5.75 Å². The van der Waals surface area contributed by atoms with Crippen molar-refractivity contribution in [1.29, 1.82) is 0 Å². The van der Waals surface area contributed by atoms with Crippen LogP contribution in [-0.2, 0) is 10.0 Å². The molecule has 0 saturated carbocycles. The molecular weight excluding hydrogens is 248 g/mol. The van der Waals surface area contributed by atoms with Gasteiger partial charge in [-0.25, -0.2) is 8.42 Å². The number of nitrogens with two attached hydrogens (primary N) is 1. The lowest BCUT2D eigenvalue weighted by molar-refractivity contribution is 0.599. The molecule has 0 spiro atoms. The summed E-state index contributed by atoms with van der Waals surface area (Å²) in [4.78, 5) is 0. The van der Waals surface area contributed by atoms with Gasteiger partial charge in [0.25, 0.3) is 0 Å². The molecule has 1 heterocycles. The summed E-state index contributed by atoms with van der Waals surface area (Å²) >= 11 is 0. The maximum absolute atomic E-state index is 11.9. The molecule has 0 atom stereocenters. The van der Waals surface area contributed by atoms with Crippen LogP contribution >= 0.6 is 0 Å². The number of sulfonamides is 1. The Bertz CT molecular complexity index is 612. The van der Waals surface area contributed by atoms with Crippen LogP contribution < -0.4 is 10.0 Å². The largest absolute Gasteiger partial charge is 0.320 e. The normalized spacial score (nSPS) is 17.3. The Balaban J connectivity index is 2.44. The second-order valence-electron chi connectivity index (χ2n) is 4.25. The van der Waals surface area contributed by atoms with E-state index >= 15 is 0 Å². The fourth-order valence-corrected chi connectivity index (χ4v) is 3.64. The molecule has 0 radical (unpaired) electrons. The average Bonchev–Trinajstić information content (AvgIpc) is 2.68. The van der Waals surface area contributed by atoms with Gasteiger partial charge in [0.1, 0.15) is 0 Å². The molecule has 1 saturated heterocycles. The van der Waals surface area contributed by atoms with Gasteiger partial charge in [-0.15, -0.1) is 0 Å². The number of hydrogen-bond acceptors (Lipinski definition) is 3. The van der Waals surface area contributed by atoms with E-state index in [0.29, 0.717) is 19.5 Å². The summed E-state index contributed by atoms with van der Waals surface area (Å²) in [5.74, 6) is 5.93. The highest BCUT2D eigenvalue weighted by Gasteiger charge is 2.29. The minimum atomic E-state index is -3.14. The van der Waals surface area contributed by atoms with E-state index in [4.69, 9.17) is 5.73 Å². The minimum absolute atomic E-state index is 0.227. The van der Waals surface area contributed by atoms with Gasteiger partial charge in [-0.05, 0) is 31.0 Å². The van der Waals surface area contributed by atoms with Crippen molar-refractivity contribution in [3.63, 3.8) is 0 Å². The molecule has 5 heteroatoms. The van der Waals surface area contributed by atoms with Crippen LogP contribution in [0, 0.1) is 18.8 Å². The molecule has 2 rings (SSSR count). The van der Waals surface area contributed by atoms with Gasteiger partial charge in [0.2, 0.25) is 10.0 Å². The molecule has 2 N–H and O–H groups in total. The van der Waals surface area contributed by atoms with Crippen molar-refractivity contribution in [2.75, 3.05) is 23.1 Å². The fraction of sp³-hybridized carbons (Fsp3) is 0.385. The van der Waals surface area contributed by atoms with E-state index in [0.717, 1.165) is 16.8 Å². The molecule has 0 bridgehead atoms. The van der Waals surface area contributed by atoms with Crippen LogP contribution in [0.15, 0.2) is 18.2 Å². The van der Waals surface area contributed by atoms with Gasteiger partial charge < -0.3 is 5.73 Å². The number of hydrogen-bond donors (Lipinski definition) is 1. The van der Waals surface area contributed by atoms with Crippen LogP contribution in [0.1, 0.15) is 17.5 Å². The minimum Gasteiger partial charge on any atom is -0.320 e. The molecule has 0 unspecified atom stereocenters. The van der Waals surface area contributed by atoms with Gasteiger partial charge in [-0.2, -0.15) is 0 Å². The first-order chi connectivity index (χ1) is 8.54. The molecule has 4 nitrogen and oxygen atoms in total. The highest BCUT2D eigenvalue weighted by atomic mass is 32.2. The van der Waals surface area contributed by atoms with Gasteiger partial charge >= 0.3 is 0 Å². The molecule has 0 amide bonds. The van der Waals surface area contributed by atoms with Crippen LogP contribution in [0.3, 0.4) is 0 Å². The predicted octanol–water partition coefficient (Wildman–Crippen LogP) is 0.845. The van der Waals surface area contributed by atoms with Crippen molar-refractivity contribution in [2.24, 2.45) is 5.73 Å². The van der Waals surface area contributed by atoms with E-state index in [1.165, 1.54) is 4.31 Å². The Morgan fingerprint density at radius 1 is 1.44 bits per heavy atom. The monoisotopic (exact) mass is 264 g/mol. The zero-order chi connectivity index (χ0) is 13.2. The lowest BCUT2D eigenvalue weighted by Gasteiger charge is -2.19. The van der Waals surface area contributed by atoms with Crippen LogP contribution in [0.25, 0.3) is 0 Å². The van der Waals surface area contributed by atoms with E-state index in [9.17, 15) is 8.42 Å². The highest BCUT2D eigenvalue weighted by molar-refractivity contribution is 7.93. The lowest BCUT2D eigenvalue weighted by Crippen LogP contribution is -2.25. The Morgan fingerprint density at radius 2 is 2.22 bits per heavy atom. The molecule has 1 aliphatic heterocycles. The quantitative estimate of drug-likeness (QED) is 0.765. The number of rotatable bonds is 1.